The van der Waals surface area contributed by atoms with Gasteiger partial charge in [0.25, 0.3) is 0 Å². The molecule has 8 fully saturated rings. The van der Waals surface area contributed by atoms with Crippen LogP contribution in [0.25, 0.3) is 44.3 Å². The molecule has 19 nitrogen and oxygen atoms in total. The van der Waals surface area contributed by atoms with E-state index in [2.05, 4.69) is 129 Å². The van der Waals surface area contributed by atoms with Gasteiger partial charge in [-0.15, -0.1) is 0 Å². The van der Waals surface area contributed by atoms with Gasteiger partial charge >= 0.3 is 0 Å². The molecule has 7 unspecified atom stereocenters. The molecular weight excluding hydrogens is 1020 g/mol. The maximum Gasteiger partial charge on any atom is 0.213 e. The van der Waals surface area contributed by atoms with Crippen molar-refractivity contribution < 1.29 is 9.13 Å². The molecule has 17 heterocycles. The zero-order valence-electron chi connectivity index (χ0n) is 45.3. The number of anilines is 4. The Hall–Kier alpha value is -8.69. The van der Waals surface area contributed by atoms with E-state index in [1.54, 1.807) is 16.9 Å². The first-order valence-corrected chi connectivity index (χ1v) is 28.2. The molecule has 8 saturated heterocycles. The van der Waals surface area contributed by atoms with Crippen molar-refractivity contribution in [1.29, 1.82) is 10.5 Å². The van der Waals surface area contributed by atoms with Gasteiger partial charge in [-0.25, -0.2) is 33.4 Å². The Kier molecular flexibility index (Phi) is 12.1. The van der Waals surface area contributed by atoms with Crippen LogP contribution in [0.4, 0.5) is 27.4 Å². The number of hydrogen-bond acceptors (Lipinski definition) is 16. The van der Waals surface area contributed by atoms with Gasteiger partial charge in [0.1, 0.15) is 35.6 Å². The van der Waals surface area contributed by atoms with Gasteiger partial charge in [-0.05, 0) is 93.0 Å². The van der Waals surface area contributed by atoms with E-state index in [0.29, 0.717) is 59.3 Å². The largest absolute Gasteiger partial charge is 0.477 e. The van der Waals surface area contributed by atoms with Crippen molar-refractivity contribution in [1.82, 2.24) is 58.8 Å². The number of aromatic nitrogens is 9. The minimum absolute atomic E-state index is 0.194. The fourth-order valence-corrected chi connectivity index (χ4v) is 13.8. The molecule has 1 N–H and O–H groups in total. The average molecular weight is 1080 g/mol. The molecule has 81 heavy (non-hydrogen) atoms. The van der Waals surface area contributed by atoms with Crippen molar-refractivity contribution in [3.8, 4) is 40.3 Å². The predicted molar refractivity (Wildman–Crippen MR) is 307 cm³/mol. The fourth-order valence-electron chi connectivity index (χ4n) is 13.8. The van der Waals surface area contributed by atoms with Crippen molar-refractivity contribution in [2.75, 3.05) is 92.7 Å². The molecule has 0 amide bonds. The maximum atomic E-state index is 15.9. The Morgan fingerprint density at radius 3 is 1.79 bits per heavy atom. The Morgan fingerprint density at radius 1 is 0.630 bits per heavy atom. The number of likely N-dealkylation sites (N-methyl/N-ethyl adjacent to an activating group) is 1. The number of nitrogens with zero attached hydrogens (tertiary/aromatic N) is 17. The molecule has 9 aromatic heterocycles. The number of alkyl halides is 1. The van der Waals surface area contributed by atoms with E-state index >= 15 is 4.39 Å². The summed E-state index contributed by atoms with van der Waals surface area (Å²) in [5, 5.41) is 30.4. The summed E-state index contributed by atoms with van der Waals surface area (Å²) in [7, 11) is 4.27. The minimum Gasteiger partial charge on any atom is -0.477 e. The van der Waals surface area contributed by atoms with Crippen LogP contribution in [-0.4, -0.2) is 168 Å². The average Bonchev–Trinajstić information content (AvgIpc) is 4.52. The van der Waals surface area contributed by atoms with Crippen LogP contribution in [-0.2, 0) is 13.1 Å². The highest BCUT2D eigenvalue weighted by Crippen LogP contribution is 2.40. The van der Waals surface area contributed by atoms with Gasteiger partial charge < -0.3 is 34.2 Å². The number of fused-ring (bicyclic) bond motifs is 7. The highest BCUT2D eigenvalue weighted by molar-refractivity contribution is 5.88. The van der Waals surface area contributed by atoms with Crippen LogP contribution in [0.15, 0.2) is 116 Å². The van der Waals surface area contributed by atoms with E-state index in [0.717, 1.165) is 133 Å². The number of halogens is 1. The normalized spacial score (nSPS) is 23.6. The number of hydrogen-bond donors (Lipinski definition) is 1. The summed E-state index contributed by atoms with van der Waals surface area (Å²) in [4.78, 5) is 39.1. The van der Waals surface area contributed by atoms with Crippen molar-refractivity contribution in [2.45, 2.75) is 68.7 Å². The SMILES string of the molecule is CN(C)C1CCN(c2cc(-c3ccc(N4CC5CC(C4)N5Cc4ccc(OCC5CN(c6cc(-c7ccc(N8CC9CC(C8)N9Cc8cnc9[nH]ccc9c8)nc7)c7c(C#N)cnn7c6)CC5F)nc4)nc3)c3c(C#N)cnn3c2)C1. The second-order valence-corrected chi connectivity index (χ2v) is 23.3. The first-order chi connectivity index (χ1) is 39.7. The Bertz CT molecular complexity index is 3900. The van der Waals surface area contributed by atoms with Crippen LogP contribution in [0.2, 0.25) is 0 Å². The zero-order valence-corrected chi connectivity index (χ0v) is 45.3. The van der Waals surface area contributed by atoms with Crippen LogP contribution in [0.3, 0.4) is 0 Å². The van der Waals surface area contributed by atoms with Crippen LogP contribution >= 0.6 is 0 Å². The monoisotopic (exact) mass is 1080 g/mol. The number of pyridine rings is 6. The number of ether oxygens (including phenoxy) is 1. The second kappa shape index (κ2) is 19.8. The van der Waals surface area contributed by atoms with E-state index in [4.69, 9.17) is 14.7 Å². The lowest BCUT2D eigenvalue weighted by Crippen LogP contribution is -2.68. The van der Waals surface area contributed by atoms with Crippen molar-refractivity contribution in [3.63, 3.8) is 0 Å². The van der Waals surface area contributed by atoms with Crippen LogP contribution in [0.1, 0.15) is 41.5 Å². The number of aromatic amines is 1. The van der Waals surface area contributed by atoms with Crippen LogP contribution < -0.4 is 24.3 Å². The summed E-state index contributed by atoms with van der Waals surface area (Å²) in [6.07, 6.45) is 19.1. The quantitative estimate of drug-likeness (QED) is 0.117. The Morgan fingerprint density at radius 2 is 1.23 bits per heavy atom. The molecule has 0 aliphatic carbocycles. The van der Waals surface area contributed by atoms with Gasteiger partial charge in [-0.1, -0.05) is 6.07 Å². The number of nitriles is 2. The van der Waals surface area contributed by atoms with Gasteiger partial charge in [0.2, 0.25) is 5.88 Å². The molecule has 0 saturated carbocycles. The smallest absolute Gasteiger partial charge is 0.213 e. The summed E-state index contributed by atoms with van der Waals surface area (Å²) in [6.45, 7) is 8.05. The van der Waals surface area contributed by atoms with Crippen LogP contribution in [0, 0.1) is 28.6 Å². The van der Waals surface area contributed by atoms with Gasteiger partial charge in [0.15, 0.2) is 0 Å². The van der Waals surface area contributed by atoms with E-state index in [1.165, 1.54) is 12.0 Å². The minimum atomic E-state index is -1.11. The molecule has 17 rings (SSSR count). The zero-order chi connectivity index (χ0) is 54.5. The lowest BCUT2D eigenvalue weighted by atomic mass is 9.87. The van der Waals surface area contributed by atoms with E-state index in [9.17, 15) is 10.5 Å². The van der Waals surface area contributed by atoms with Crippen molar-refractivity contribution in [3.05, 3.63) is 139 Å². The van der Waals surface area contributed by atoms with Gasteiger partial charge in [0.05, 0.1) is 64.9 Å². The Labute approximate surface area is 468 Å². The van der Waals surface area contributed by atoms with Crippen molar-refractivity contribution in [2.24, 2.45) is 5.92 Å². The molecule has 20 heteroatoms. The highest BCUT2D eigenvalue weighted by atomic mass is 19.1. The summed E-state index contributed by atoms with van der Waals surface area (Å²) in [5.74, 6) is 2.00. The van der Waals surface area contributed by atoms with Gasteiger partial charge in [-0.3, -0.25) is 9.80 Å². The molecular formula is C61H61FN18O. The molecule has 4 bridgehead atoms. The molecule has 8 aliphatic heterocycles. The topological polar surface area (TPSA) is 181 Å². The molecule has 0 radical (unpaired) electrons. The summed E-state index contributed by atoms with van der Waals surface area (Å²) in [5.41, 5.74) is 11.3. The van der Waals surface area contributed by atoms with E-state index < -0.39 is 6.17 Å². The summed E-state index contributed by atoms with van der Waals surface area (Å²) >= 11 is 0. The summed E-state index contributed by atoms with van der Waals surface area (Å²) < 4.78 is 25.7. The molecule has 408 valence electrons. The first kappa shape index (κ1) is 49.4. The fraction of sp³-hybridized carbons (Fsp3) is 0.377. The number of H-pyrrole nitrogens is 1. The third kappa shape index (κ3) is 8.89. The third-order valence-corrected chi connectivity index (χ3v) is 18.3. The number of rotatable bonds is 14. The highest BCUT2D eigenvalue weighted by Gasteiger charge is 2.46. The van der Waals surface area contributed by atoms with E-state index in [1.807, 2.05) is 64.9 Å². The number of piperazine rings is 2. The molecule has 0 spiro atoms. The Balaban J connectivity index is 0.557. The summed E-state index contributed by atoms with van der Waals surface area (Å²) in [6, 6.07) is 27.8. The lowest BCUT2D eigenvalue weighted by molar-refractivity contribution is -0.00878. The maximum absolute atomic E-state index is 15.9. The van der Waals surface area contributed by atoms with Gasteiger partial charge in [-0.2, -0.15) is 20.7 Å². The lowest BCUT2D eigenvalue weighted by Gasteiger charge is -2.56. The molecule has 0 aromatic carbocycles. The predicted octanol–water partition coefficient (Wildman–Crippen LogP) is 7.04. The third-order valence-electron chi connectivity index (χ3n) is 18.3. The second-order valence-electron chi connectivity index (χ2n) is 23.3. The first-order valence-electron chi connectivity index (χ1n) is 28.2. The number of nitrogens with one attached hydrogen (secondary N) is 1. The number of piperidine rings is 2. The van der Waals surface area contributed by atoms with Crippen LogP contribution in [0.5, 0.6) is 5.88 Å². The molecule has 9 aromatic rings. The van der Waals surface area contributed by atoms with E-state index in [-0.39, 0.29) is 19.1 Å². The molecule has 8 aliphatic rings. The van der Waals surface area contributed by atoms with Crippen molar-refractivity contribution >= 4 is 45.1 Å². The van der Waals surface area contributed by atoms with Gasteiger partial charge in [0, 0.05) is 166 Å². The standard InChI is InChI=1S/C61H61FN18O/c1-72(2)46-10-12-73(29-46)47-16-53(59-43(18-63)24-70-79(59)34-47)41-4-6-56(66-22-41)75-30-49-14-50(31-75)77(49)26-38-3-8-58(68-20-38)81-37-45-28-74(36-55(45)62)48-17-54(60-44(19-64)25-71-80(60)35-48)42-5-7-57(67-23-42)76-32-51-15-52(33-76)78(51)27-39-13-40-9-11-65-61(40)69-21-39/h3-9,11,13,16-17,20-25,34-35,45-46,49-52,55H,10,12,14-15,26-33,36-37H2,1-2H3,(H,65,69). The molecule has 7 atom stereocenters.